The lowest BCUT2D eigenvalue weighted by Gasteiger charge is -2.05. The van der Waals surface area contributed by atoms with Gasteiger partial charge in [0.05, 0.1) is 16.7 Å². The maximum absolute atomic E-state index is 12.4. The minimum atomic E-state index is -0.521. The molecule has 0 atom stereocenters. The van der Waals surface area contributed by atoms with Gasteiger partial charge in [0.15, 0.2) is 10.3 Å². The molecule has 0 aliphatic heterocycles. The summed E-state index contributed by atoms with van der Waals surface area (Å²) in [6, 6.07) is 20.2. The molecule has 0 aliphatic rings. The van der Waals surface area contributed by atoms with E-state index in [0.717, 1.165) is 16.5 Å². The quantitative estimate of drug-likeness (QED) is 0.306. The number of hydrazone groups is 1. The molecule has 144 valence electrons. The summed E-state index contributed by atoms with van der Waals surface area (Å²) in [6.45, 7) is 0. The van der Waals surface area contributed by atoms with Crippen molar-refractivity contribution in [1.29, 1.82) is 0 Å². The number of phenolic OH excluding ortho intramolecular Hbond substituents is 1. The van der Waals surface area contributed by atoms with Crippen LogP contribution in [0.1, 0.15) is 15.2 Å². The maximum Gasteiger partial charge on any atom is 0.275 e. The Morgan fingerprint density at radius 3 is 2.52 bits per heavy atom. The number of halogens is 1. The number of carbonyl (C=O) groups is 1. The molecule has 0 radical (unpaired) electrons. The molecule has 0 saturated carbocycles. The first-order valence-corrected chi connectivity index (χ1v) is 9.83. The Balaban J connectivity index is 1.46. The van der Waals surface area contributed by atoms with Crippen LogP contribution < -0.4 is 10.7 Å². The predicted molar refractivity (Wildman–Crippen MR) is 118 cm³/mol. The van der Waals surface area contributed by atoms with Crippen LogP contribution in [-0.2, 0) is 0 Å². The minimum absolute atomic E-state index is 0.110. The van der Waals surface area contributed by atoms with E-state index >= 15 is 0 Å². The monoisotopic (exact) mass is 422 g/mol. The van der Waals surface area contributed by atoms with E-state index < -0.39 is 5.91 Å². The van der Waals surface area contributed by atoms with Crippen LogP contribution in [0.4, 0.5) is 10.8 Å². The molecular formula is C21H15ClN4O2S. The summed E-state index contributed by atoms with van der Waals surface area (Å²) in [5.74, 6) is -0.630. The number of aromatic nitrogens is 1. The highest BCUT2D eigenvalue weighted by atomic mass is 35.5. The summed E-state index contributed by atoms with van der Waals surface area (Å²) >= 11 is 7.45. The molecule has 1 heterocycles. The largest absolute Gasteiger partial charge is 0.507 e. The number of rotatable bonds is 5. The average Bonchev–Trinajstić information content (AvgIpc) is 3.07. The van der Waals surface area contributed by atoms with Gasteiger partial charge in [-0.05, 0) is 35.0 Å². The van der Waals surface area contributed by atoms with Gasteiger partial charge >= 0.3 is 0 Å². The van der Waals surface area contributed by atoms with Crippen molar-refractivity contribution in [2.24, 2.45) is 5.10 Å². The fourth-order valence-corrected chi connectivity index (χ4v) is 3.76. The molecule has 0 fully saturated rings. The Morgan fingerprint density at radius 1 is 1.07 bits per heavy atom. The fraction of sp³-hybridized carbons (Fsp3) is 0. The van der Waals surface area contributed by atoms with E-state index in [4.69, 9.17) is 11.6 Å². The molecule has 29 heavy (non-hydrogen) atoms. The van der Waals surface area contributed by atoms with E-state index in [-0.39, 0.29) is 16.5 Å². The van der Waals surface area contributed by atoms with Crippen molar-refractivity contribution >= 4 is 56.7 Å². The summed E-state index contributed by atoms with van der Waals surface area (Å²) < 4.78 is 0. The predicted octanol–water partition coefficient (Wildman–Crippen LogP) is 5.16. The number of carbonyl (C=O) groups excluding carboxylic acids is 1. The van der Waals surface area contributed by atoms with Crippen LogP contribution in [-0.4, -0.2) is 22.2 Å². The second-order valence-electron chi connectivity index (χ2n) is 6.08. The van der Waals surface area contributed by atoms with E-state index in [9.17, 15) is 9.90 Å². The van der Waals surface area contributed by atoms with Crippen molar-refractivity contribution in [3.63, 3.8) is 0 Å². The zero-order chi connectivity index (χ0) is 20.2. The zero-order valence-electron chi connectivity index (χ0n) is 15.0. The fourth-order valence-electron chi connectivity index (χ4n) is 2.71. The van der Waals surface area contributed by atoms with E-state index in [1.54, 1.807) is 12.1 Å². The summed E-state index contributed by atoms with van der Waals surface area (Å²) in [7, 11) is 0. The number of aromatic hydroxyl groups is 1. The van der Waals surface area contributed by atoms with Gasteiger partial charge in [-0.25, -0.2) is 10.4 Å². The molecule has 0 bridgehead atoms. The highest BCUT2D eigenvalue weighted by Crippen LogP contribution is 2.28. The first-order valence-electron chi connectivity index (χ1n) is 8.64. The van der Waals surface area contributed by atoms with Gasteiger partial charge in [0.25, 0.3) is 5.91 Å². The average molecular weight is 423 g/mol. The molecule has 6 nitrogen and oxygen atoms in total. The van der Waals surface area contributed by atoms with Crippen molar-refractivity contribution in [3.05, 3.63) is 82.3 Å². The van der Waals surface area contributed by atoms with Gasteiger partial charge in [-0.2, -0.15) is 5.10 Å². The lowest BCUT2D eigenvalue weighted by atomic mass is 10.1. The number of nitrogens with one attached hydrogen (secondary N) is 2. The molecule has 3 aromatic carbocycles. The van der Waals surface area contributed by atoms with Gasteiger partial charge < -0.3 is 10.4 Å². The van der Waals surface area contributed by atoms with Crippen LogP contribution in [0, 0.1) is 0 Å². The Morgan fingerprint density at radius 2 is 1.76 bits per heavy atom. The van der Waals surface area contributed by atoms with E-state index in [0.29, 0.717) is 10.0 Å². The number of hydrogen-bond donors (Lipinski definition) is 3. The van der Waals surface area contributed by atoms with Crippen molar-refractivity contribution < 1.29 is 9.90 Å². The Kier molecular flexibility index (Phi) is 5.41. The summed E-state index contributed by atoms with van der Waals surface area (Å²) in [4.78, 5) is 17.2. The molecule has 4 rings (SSSR count). The number of fused-ring (bicyclic) bond motifs is 1. The summed E-state index contributed by atoms with van der Waals surface area (Å²) in [5, 5.41) is 19.8. The van der Waals surface area contributed by atoms with Crippen molar-refractivity contribution in [2.45, 2.75) is 0 Å². The lowest BCUT2D eigenvalue weighted by Crippen LogP contribution is -2.17. The molecule has 8 heteroatoms. The molecule has 0 spiro atoms. The summed E-state index contributed by atoms with van der Waals surface area (Å²) in [6.07, 6.45) is 1.42. The van der Waals surface area contributed by atoms with Gasteiger partial charge in [-0.1, -0.05) is 65.4 Å². The molecule has 0 unspecified atom stereocenters. The van der Waals surface area contributed by atoms with Gasteiger partial charge in [0.1, 0.15) is 5.75 Å². The van der Waals surface area contributed by atoms with Gasteiger partial charge in [0, 0.05) is 5.69 Å². The van der Waals surface area contributed by atoms with Crippen molar-refractivity contribution in [3.8, 4) is 5.75 Å². The molecular weight excluding hydrogens is 408 g/mol. The SMILES string of the molecule is O=C(N/N=C/c1sc(Nc2ccccc2)nc1Cl)c1cc2ccccc2cc1O. The standard InChI is InChI=1S/C21H15ClN4O2S/c22-19-18(29-21(25-19)24-15-8-2-1-3-9-15)12-23-26-20(28)16-10-13-6-4-5-7-14(13)11-17(16)27/h1-12,27H,(H,24,25)(H,26,28)/b23-12+. The van der Waals surface area contributed by atoms with Crippen LogP contribution >= 0.6 is 22.9 Å². The smallest absolute Gasteiger partial charge is 0.275 e. The van der Waals surface area contributed by atoms with Crippen LogP contribution in [0.15, 0.2) is 71.8 Å². The Labute approximate surface area is 175 Å². The van der Waals surface area contributed by atoms with Crippen molar-refractivity contribution in [2.75, 3.05) is 5.32 Å². The number of phenols is 1. The number of benzene rings is 3. The second kappa shape index (κ2) is 8.30. The minimum Gasteiger partial charge on any atom is -0.507 e. The molecule has 1 aromatic heterocycles. The third kappa shape index (κ3) is 4.37. The summed E-state index contributed by atoms with van der Waals surface area (Å²) in [5.41, 5.74) is 3.44. The lowest BCUT2D eigenvalue weighted by molar-refractivity contribution is 0.0952. The van der Waals surface area contributed by atoms with E-state index in [2.05, 4.69) is 20.8 Å². The number of para-hydroxylation sites is 1. The van der Waals surface area contributed by atoms with Gasteiger partial charge in [-0.3, -0.25) is 4.79 Å². The number of anilines is 2. The van der Waals surface area contributed by atoms with Gasteiger partial charge in [-0.15, -0.1) is 0 Å². The number of hydrogen-bond acceptors (Lipinski definition) is 6. The Hall–Kier alpha value is -3.42. The Bertz CT molecular complexity index is 1210. The van der Waals surface area contributed by atoms with Crippen LogP contribution in [0.5, 0.6) is 5.75 Å². The molecule has 4 aromatic rings. The van der Waals surface area contributed by atoms with E-state index in [1.807, 2.05) is 54.6 Å². The van der Waals surface area contributed by atoms with Crippen molar-refractivity contribution in [1.82, 2.24) is 10.4 Å². The maximum atomic E-state index is 12.4. The molecule has 3 N–H and O–H groups in total. The molecule has 0 aliphatic carbocycles. The third-order valence-electron chi connectivity index (χ3n) is 4.09. The van der Waals surface area contributed by atoms with Gasteiger partial charge in [0.2, 0.25) is 0 Å². The number of amides is 1. The molecule has 1 amide bonds. The van der Waals surface area contributed by atoms with Crippen LogP contribution in [0.3, 0.4) is 0 Å². The zero-order valence-corrected chi connectivity index (χ0v) is 16.5. The van der Waals surface area contributed by atoms with Crippen LogP contribution in [0.2, 0.25) is 5.15 Å². The van der Waals surface area contributed by atoms with E-state index in [1.165, 1.54) is 17.6 Å². The second-order valence-corrected chi connectivity index (χ2v) is 7.47. The number of nitrogens with zero attached hydrogens (tertiary/aromatic N) is 2. The normalized spacial score (nSPS) is 11.1. The highest BCUT2D eigenvalue weighted by Gasteiger charge is 2.12. The first kappa shape index (κ1) is 18.9. The third-order valence-corrected chi connectivity index (χ3v) is 5.40. The highest BCUT2D eigenvalue weighted by molar-refractivity contribution is 7.17. The topological polar surface area (TPSA) is 86.6 Å². The number of thiazole rings is 1. The first-order chi connectivity index (χ1) is 14.1. The van der Waals surface area contributed by atoms with Crippen LogP contribution in [0.25, 0.3) is 10.8 Å². The molecule has 0 saturated heterocycles.